The molecule has 2 aromatic carbocycles. The van der Waals surface area contributed by atoms with E-state index >= 15 is 0 Å². The summed E-state index contributed by atoms with van der Waals surface area (Å²) >= 11 is 0. The van der Waals surface area contributed by atoms with E-state index in [9.17, 15) is 0 Å². The summed E-state index contributed by atoms with van der Waals surface area (Å²) in [6, 6.07) is 17.9. The Bertz CT molecular complexity index is 489. The van der Waals surface area contributed by atoms with E-state index in [4.69, 9.17) is 0 Å². The van der Waals surface area contributed by atoms with E-state index in [1.165, 1.54) is 22.3 Å². The van der Waals surface area contributed by atoms with E-state index in [2.05, 4.69) is 53.8 Å². The third kappa shape index (κ3) is 2.16. The Labute approximate surface area is 115 Å². The van der Waals surface area contributed by atoms with E-state index in [-0.39, 0.29) is 12.4 Å². The minimum atomic E-state index is 0. The van der Waals surface area contributed by atoms with E-state index in [0.717, 1.165) is 12.8 Å². The zero-order valence-corrected chi connectivity index (χ0v) is 11.3. The van der Waals surface area contributed by atoms with E-state index in [1.54, 1.807) is 0 Å². The fraction of sp³-hybridized carbons (Fsp3) is 0.250. The number of hydrogen-bond acceptors (Lipinski definition) is 1. The summed E-state index contributed by atoms with van der Waals surface area (Å²) in [5.41, 5.74) is 5.81. The van der Waals surface area contributed by atoms with Crippen LogP contribution in [-0.4, -0.2) is 7.05 Å². The molecule has 0 fully saturated rings. The summed E-state index contributed by atoms with van der Waals surface area (Å²) < 4.78 is 0. The van der Waals surface area contributed by atoms with Crippen molar-refractivity contribution in [1.82, 2.24) is 5.32 Å². The van der Waals surface area contributed by atoms with Crippen LogP contribution in [0.3, 0.4) is 0 Å². The first-order valence-corrected chi connectivity index (χ1v) is 6.23. The van der Waals surface area contributed by atoms with Crippen molar-refractivity contribution in [1.29, 1.82) is 0 Å². The van der Waals surface area contributed by atoms with Crippen LogP contribution in [0.5, 0.6) is 0 Å². The minimum Gasteiger partial charge on any atom is -0.309 e. The third-order valence-corrected chi connectivity index (χ3v) is 3.68. The van der Waals surface area contributed by atoms with Gasteiger partial charge in [0.05, 0.1) is 6.04 Å². The Morgan fingerprint density at radius 3 is 1.72 bits per heavy atom. The summed E-state index contributed by atoms with van der Waals surface area (Å²) in [6.07, 6.45) is 2.29. The van der Waals surface area contributed by atoms with Gasteiger partial charge in [0, 0.05) is 0 Å². The Balaban J connectivity index is 0.00000120. The largest absolute Gasteiger partial charge is 0.309 e. The van der Waals surface area contributed by atoms with E-state index in [0.29, 0.717) is 6.04 Å². The molecule has 0 aliphatic heterocycles. The highest BCUT2D eigenvalue weighted by Crippen LogP contribution is 2.31. The highest BCUT2D eigenvalue weighted by Gasteiger charge is 2.21. The number of benzene rings is 2. The average molecular weight is 260 g/mol. The lowest BCUT2D eigenvalue weighted by Crippen LogP contribution is -2.18. The van der Waals surface area contributed by atoms with Crippen LogP contribution in [0, 0.1) is 0 Å². The molecule has 0 aromatic heterocycles. The predicted molar refractivity (Wildman–Crippen MR) is 78.4 cm³/mol. The van der Waals surface area contributed by atoms with Crippen LogP contribution in [0.1, 0.15) is 28.3 Å². The molecular weight excluding hydrogens is 242 g/mol. The van der Waals surface area contributed by atoms with Crippen molar-refractivity contribution in [3.8, 4) is 0 Å². The fourth-order valence-corrected chi connectivity index (χ4v) is 2.83. The number of nitrogens with one attached hydrogen (secondary N) is 1. The van der Waals surface area contributed by atoms with Gasteiger partial charge in [0.25, 0.3) is 0 Å². The molecule has 0 saturated heterocycles. The zero-order valence-electron chi connectivity index (χ0n) is 10.5. The summed E-state index contributed by atoms with van der Waals surface area (Å²) in [6.45, 7) is 0. The number of aryl methyl sites for hydroxylation is 2. The second-order valence-electron chi connectivity index (χ2n) is 4.62. The summed E-state index contributed by atoms with van der Waals surface area (Å²) in [5.74, 6) is 0. The summed E-state index contributed by atoms with van der Waals surface area (Å²) in [7, 11) is 2.05. The van der Waals surface area contributed by atoms with Crippen molar-refractivity contribution in [2.75, 3.05) is 7.05 Å². The minimum absolute atomic E-state index is 0. The fourth-order valence-electron chi connectivity index (χ4n) is 2.83. The van der Waals surface area contributed by atoms with Gasteiger partial charge in [-0.1, -0.05) is 48.5 Å². The first kappa shape index (κ1) is 13.1. The van der Waals surface area contributed by atoms with Crippen LogP contribution >= 0.6 is 12.4 Å². The zero-order chi connectivity index (χ0) is 11.7. The quantitative estimate of drug-likeness (QED) is 0.826. The molecule has 0 heterocycles. The van der Waals surface area contributed by atoms with Gasteiger partial charge in [-0.25, -0.2) is 0 Å². The molecule has 0 radical (unpaired) electrons. The predicted octanol–water partition coefficient (Wildman–Crippen LogP) is 3.52. The molecule has 2 aromatic rings. The second kappa shape index (κ2) is 5.55. The van der Waals surface area contributed by atoms with Gasteiger partial charge >= 0.3 is 0 Å². The SMILES string of the molecule is CNC1c2ccccc2CCc2ccccc21.Cl. The number of halogens is 1. The molecule has 3 rings (SSSR count). The van der Waals surface area contributed by atoms with Gasteiger partial charge in [-0.05, 0) is 42.1 Å². The van der Waals surface area contributed by atoms with Gasteiger partial charge in [-0.2, -0.15) is 0 Å². The van der Waals surface area contributed by atoms with Crippen molar-refractivity contribution in [2.45, 2.75) is 18.9 Å². The summed E-state index contributed by atoms with van der Waals surface area (Å²) in [4.78, 5) is 0. The lowest BCUT2D eigenvalue weighted by Gasteiger charge is -2.19. The number of rotatable bonds is 1. The van der Waals surface area contributed by atoms with Gasteiger partial charge in [0.15, 0.2) is 0 Å². The Morgan fingerprint density at radius 1 is 0.833 bits per heavy atom. The molecule has 1 aliphatic rings. The molecule has 1 N–H and O–H groups in total. The Morgan fingerprint density at radius 2 is 1.28 bits per heavy atom. The molecule has 2 heteroatoms. The molecule has 18 heavy (non-hydrogen) atoms. The van der Waals surface area contributed by atoms with Crippen LogP contribution in [0.4, 0.5) is 0 Å². The summed E-state index contributed by atoms with van der Waals surface area (Å²) in [5, 5.41) is 3.46. The molecule has 0 saturated carbocycles. The van der Waals surface area contributed by atoms with Crippen LogP contribution in [0.15, 0.2) is 48.5 Å². The number of fused-ring (bicyclic) bond motifs is 2. The van der Waals surface area contributed by atoms with Crippen molar-refractivity contribution in [3.05, 3.63) is 70.8 Å². The molecule has 1 nitrogen and oxygen atoms in total. The molecule has 94 valence electrons. The lowest BCUT2D eigenvalue weighted by atomic mass is 9.95. The van der Waals surface area contributed by atoms with Crippen LogP contribution < -0.4 is 5.32 Å². The number of hydrogen-bond donors (Lipinski definition) is 1. The molecule has 0 spiro atoms. The van der Waals surface area contributed by atoms with Crippen molar-refractivity contribution in [2.24, 2.45) is 0 Å². The van der Waals surface area contributed by atoms with Gasteiger partial charge < -0.3 is 5.32 Å². The standard InChI is InChI=1S/C16H17N.ClH/c1-17-16-14-8-4-2-6-12(14)10-11-13-7-3-5-9-15(13)16;/h2-9,16-17H,10-11H2,1H3;1H. The highest BCUT2D eigenvalue weighted by atomic mass is 35.5. The molecule has 0 amide bonds. The molecule has 1 aliphatic carbocycles. The Hall–Kier alpha value is -1.31. The third-order valence-electron chi connectivity index (χ3n) is 3.68. The topological polar surface area (TPSA) is 12.0 Å². The maximum atomic E-state index is 3.46. The van der Waals surface area contributed by atoms with Crippen molar-refractivity contribution >= 4 is 12.4 Å². The Kier molecular flexibility index (Phi) is 4.05. The highest BCUT2D eigenvalue weighted by molar-refractivity contribution is 5.85. The van der Waals surface area contributed by atoms with E-state index < -0.39 is 0 Å². The van der Waals surface area contributed by atoms with Crippen LogP contribution in [0.25, 0.3) is 0 Å². The maximum absolute atomic E-state index is 3.46. The van der Waals surface area contributed by atoms with Gasteiger partial charge in [-0.3, -0.25) is 0 Å². The molecule has 0 unspecified atom stereocenters. The van der Waals surface area contributed by atoms with E-state index in [1.807, 2.05) is 7.05 Å². The second-order valence-corrected chi connectivity index (χ2v) is 4.62. The van der Waals surface area contributed by atoms with Crippen LogP contribution in [0.2, 0.25) is 0 Å². The van der Waals surface area contributed by atoms with Crippen molar-refractivity contribution in [3.63, 3.8) is 0 Å². The maximum Gasteiger partial charge on any atom is 0.0579 e. The normalized spacial score (nSPS) is 14.1. The van der Waals surface area contributed by atoms with Crippen molar-refractivity contribution < 1.29 is 0 Å². The van der Waals surface area contributed by atoms with Crippen LogP contribution in [-0.2, 0) is 12.8 Å². The van der Waals surface area contributed by atoms with Gasteiger partial charge in [0.2, 0.25) is 0 Å². The molecular formula is C16H18ClN. The monoisotopic (exact) mass is 259 g/mol. The average Bonchev–Trinajstić information content (AvgIpc) is 2.55. The lowest BCUT2D eigenvalue weighted by molar-refractivity contribution is 0.688. The van der Waals surface area contributed by atoms with Gasteiger partial charge in [0.1, 0.15) is 0 Å². The first-order valence-electron chi connectivity index (χ1n) is 6.23. The smallest absolute Gasteiger partial charge is 0.0579 e. The van der Waals surface area contributed by atoms with Gasteiger partial charge in [-0.15, -0.1) is 12.4 Å². The molecule has 0 atom stereocenters. The molecule has 0 bridgehead atoms. The first-order chi connectivity index (χ1) is 8.40.